The fourth-order valence-corrected chi connectivity index (χ4v) is 3.33. The van der Waals surface area contributed by atoms with Crippen LogP contribution in [-0.4, -0.2) is 49.8 Å². The molecular weight excluding hydrogens is 290 g/mol. The zero-order valence-corrected chi connectivity index (χ0v) is 11.9. The third-order valence-corrected chi connectivity index (χ3v) is 4.61. The molecule has 0 radical (unpaired) electrons. The standard InChI is InChI=1S/C12H14ClNO4S/c1-19(17,18)11-6-8(2-3-10(11)13)12(16)14-5-4-9(15)7-14/h2-3,6,9,15H,4-5,7H2,1H3/t9-/m1/s1. The summed E-state index contributed by atoms with van der Waals surface area (Å²) in [6.07, 6.45) is 1.07. The fourth-order valence-electron chi connectivity index (χ4n) is 2.03. The number of hydrogen-bond acceptors (Lipinski definition) is 4. The van der Waals surface area contributed by atoms with Crippen LogP contribution in [0.3, 0.4) is 0 Å². The van der Waals surface area contributed by atoms with Crippen LogP contribution in [0, 0.1) is 0 Å². The zero-order valence-electron chi connectivity index (χ0n) is 10.3. The third kappa shape index (κ3) is 3.08. The first kappa shape index (κ1) is 14.3. The number of rotatable bonds is 2. The van der Waals surface area contributed by atoms with E-state index in [1.54, 1.807) is 0 Å². The zero-order chi connectivity index (χ0) is 14.2. The van der Waals surface area contributed by atoms with E-state index in [0.29, 0.717) is 13.0 Å². The summed E-state index contributed by atoms with van der Waals surface area (Å²) in [5.41, 5.74) is 0.263. The van der Waals surface area contributed by atoms with Crippen molar-refractivity contribution in [3.8, 4) is 0 Å². The average Bonchev–Trinajstić information content (AvgIpc) is 2.74. The lowest BCUT2D eigenvalue weighted by atomic mass is 10.2. The molecule has 1 atom stereocenters. The van der Waals surface area contributed by atoms with Crippen molar-refractivity contribution in [3.63, 3.8) is 0 Å². The van der Waals surface area contributed by atoms with Crippen molar-refractivity contribution >= 4 is 27.3 Å². The first-order valence-corrected chi connectivity index (χ1v) is 8.03. The topological polar surface area (TPSA) is 74.7 Å². The molecule has 0 spiro atoms. The number of nitrogens with zero attached hydrogens (tertiary/aromatic N) is 1. The number of hydrogen-bond donors (Lipinski definition) is 1. The number of halogens is 1. The Kier molecular flexibility index (Phi) is 3.85. The first-order chi connectivity index (χ1) is 8.79. The predicted molar refractivity (Wildman–Crippen MR) is 71.1 cm³/mol. The second-order valence-corrected chi connectivity index (χ2v) is 7.00. The normalized spacial score (nSPS) is 19.7. The summed E-state index contributed by atoms with van der Waals surface area (Å²) in [6, 6.07) is 4.17. The van der Waals surface area contributed by atoms with Crippen LogP contribution in [0.2, 0.25) is 5.02 Å². The van der Waals surface area contributed by atoms with Gasteiger partial charge in [0.25, 0.3) is 5.91 Å². The third-order valence-electron chi connectivity index (χ3n) is 3.03. The second-order valence-electron chi connectivity index (χ2n) is 4.61. The van der Waals surface area contributed by atoms with E-state index >= 15 is 0 Å². The Bertz CT molecular complexity index is 614. The van der Waals surface area contributed by atoms with Crippen molar-refractivity contribution in [3.05, 3.63) is 28.8 Å². The van der Waals surface area contributed by atoms with Crippen molar-refractivity contribution < 1.29 is 18.3 Å². The minimum atomic E-state index is -3.48. The molecule has 1 heterocycles. The van der Waals surface area contributed by atoms with Gasteiger partial charge in [0.15, 0.2) is 9.84 Å². The maximum absolute atomic E-state index is 12.2. The molecule has 1 saturated heterocycles. The van der Waals surface area contributed by atoms with Gasteiger partial charge < -0.3 is 10.0 Å². The van der Waals surface area contributed by atoms with E-state index in [-0.39, 0.29) is 27.9 Å². The van der Waals surface area contributed by atoms with E-state index in [4.69, 9.17) is 11.6 Å². The summed E-state index contributed by atoms with van der Waals surface area (Å²) >= 11 is 5.82. The molecule has 2 rings (SSSR count). The molecule has 19 heavy (non-hydrogen) atoms. The second kappa shape index (κ2) is 5.11. The van der Waals surface area contributed by atoms with Gasteiger partial charge in [0.1, 0.15) is 0 Å². The molecule has 0 unspecified atom stereocenters. The van der Waals surface area contributed by atoms with Crippen molar-refractivity contribution in [1.29, 1.82) is 0 Å². The quantitative estimate of drug-likeness (QED) is 0.883. The highest BCUT2D eigenvalue weighted by atomic mass is 35.5. The Balaban J connectivity index is 2.34. The molecule has 1 aromatic carbocycles. The van der Waals surface area contributed by atoms with E-state index < -0.39 is 15.9 Å². The molecule has 0 saturated carbocycles. The van der Waals surface area contributed by atoms with Gasteiger partial charge in [0.05, 0.1) is 16.0 Å². The molecule has 0 bridgehead atoms. The molecule has 1 aliphatic heterocycles. The molecule has 0 aliphatic carbocycles. The number of likely N-dealkylation sites (tertiary alicyclic amines) is 1. The van der Waals surface area contributed by atoms with Gasteiger partial charge in [-0.2, -0.15) is 0 Å². The van der Waals surface area contributed by atoms with Crippen LogP contribution in [0.25, 0.3) is 0 Å². The number of β-amino-alcohol motifs (C(OH)–C–C–N with tert-alkyl or cyclic N) is 1. The molecule has 5 nitrogen and oxygen atoms in total. The summed E-state index contributed by atoms with van der Waals surface area (Å²) in [5.74, 6) is -0.293. The number of aliphatic hydroxyl groups excluding tert-OH is 1. The van der Waals surface area contributed by atoms with Crippen LogP contribution in [0.4, 0.5) is 0 Å². The van der Waals surface area contributed by atoms with Gasteiger partial charge in [-0.05, 0) is 24.6 Å². The molecule has 1 N–H and O–H groups in total. The van der Waals surface area contributed by atoms with Gasteiger partial charge in [-0.1, -0.05) is 11.6 Å². The first-order valence-electron chi connectivity index (χ1n) is 5.76. The number of sulfone groups is 1. The highest BCUT2D eigenvalue weighted by Crippen LogP contribution is 2.24. The van der Waals surface area contributed by atoms with Gasteiger partial charge in [-0.3, -0.25) is 4.79 Å². The van der Waals surface area contributed by atoms with Crippen molar-refractivity contribution in [2.45, 2.75) is 17.4 Å². The lowest BCUT2D eigenvalue weighted by molar-refractivity contribution is 0.0764. The molecule has 1 aliphatic rings. The minimum absolute atomic E-state index is 0.0558. The molecular formula is C12H14ClNO4S. The van der Waals surface area contributed by atoms with Gasteiger partial charge in [-0.15, -0.1) is 0 Å². The lowest BCUT2D eigenvalue weighted by Gasteiger charge is -2.16. The van der Waals surface area contributed by atoms with Gasteiger partial charge >= 0.3 is 0 Å². The predicted octanol–water partition coefficient (Wildman–Crippen LogP) is 0.950. The van der Waals surface area contributed by atoms with Gasteiger partial charge in [0, 0.05) is 24.9 Å². The van der Waals surface area contributed by atoms with E-state index in [1.807, 2.05) is 0 Å². The number of amides is 1. The largest absolute Gasteiger partial charge is 0.391 e. The van der Waals surface area contributed by atoms with Crippen molar-refractivity contribution in [2.24, 2.45) is 0 Å². The van der Waals surface area contributed by atoms with Crippen LogP contribution in [0.1, 0.15) is 16.8 Å². The Morgan fingerprint density at radius 2 is 2.16 bits per heavy atom. The number of carbonyl (C=O) groups is 1. The summed E-state index contributed by atoms with van der Waals surface area (Å²) in [4.78, 5) is 13.6. The fraction of sp³-hybridized carbons (Fsp3) is 0.417. The van der Waals surface area contributed by atoms with E-state index in [1.165, 1.54) is 23.1 Å². The maximum Gasteiger partial charge on any atom is 0.253 e. The van der Waals surface area contributed by atoms with Crippen molar-refractivity contribution in [2.75, 3.05) is 19.3 Å². The molecule has 0 aromatic heterocycles. The lowest BCUT2D eigenvalue weighted by Crippen LogP contribution is -2.29. The molecule has 1 amide bonds. The molecule has 1 fully saturated rings. The van der Waals surface area contributed by atoms with Gasteiger partial charge in [0.2, 0.25) is 0 Å². The Morgan fingerprint density at radius 1 is 1.47 bits per heavy atom. The van der Waals surface area contributed by atoms with Crippen molar-refractivity contribution in [1.82, 2.24) is 4.90 Å². The van der Waals surface area contributed by atoms with Crippen LogP contribution in [-0.2, 0) is 9.84 Å². The summed E-state index contributed by atoms with van der Waals surface area (Å²) in [7, 11) is -3.48. The number of benzene rings is 1. The molecule has 1 aromatic rings. The molecule has 7 heteroatoms. The number of carbonyl (C=O) groups excluding carboxylic acids is 1. The average molecular weight is 304 g/mol. The minimum Gasteiger partial charge on any atom is -0.391 e. The van der Waals surface area contributed by atoms with Crippen LogP contribution in [0.15, 0.2) is 23.1 Å². The summed E-state index contributed by atoms with van der Waals surface area (Å²) in [6.45, 7) is 0.743. The van der Waals surface area contributed by atoms with Crippen LogP contribution in [0.5, 0.6) is 0 Å². The monoisotopic (exact) mass is 303 g/mol. The van der Waals surface area contributed by atoms with E-state index in [2.05, 4.69) is 0 Å². The highest BCUT2D eigenvalue weighted by molar-refractivity contribution is 7.90. The van der Waals surface area contributed by atoms with Gasteiger partial charge in [-0.25, -0.2) is 8.42 Å². The maximum atomic E-state index is 12.2. The summed E-state index contributed by atoms with van der Waals surface area (Å²) < 4.78 is 23.1. The SMILES string of the molecule is CS(=O)(=O)c1cc(C(=O)N2CC[C@@H](O)C2)ccc1Cl. The summed E-state index contributed by atoms with van der Waals surface area (Å²) in [5, 5.41) is 9.51. The Hall–Kier alpha value is -1.11. The van der Waals surface area contributed by atoms with E-state index in [9.17, 15) is 18.3 Å². The van der Waals surface area contributed by atoms with Crippen LogP contribution >= 0.6 is 11.6 Å². The van der Waals surface area contributed by atoms with Crippen LogP contribution < -0.4 is 0 Å². The number of aliphatic hydroxyl groups is 1. The molecule has 104 valence electrons. The smallest absolute Gasteiger partial charge is 0.253 e. The van der Waals surface area contributed by atoms with E-state index in [0.717, 1.165) is 6.26 Å². The Labute approximate surface area is 116 Å². The highest BCUT2D eigenvalue weighted by Gasteiger charge is 2.26. The Morgan fingerprint density at radius 3 is 2.68 bits per heavy atom.